The van der Waals surface area contributed by atoms with Gasteiger partial charge in [0.2, 0.25) is 0 Å². The Morgan fingerprint density at radius 3 is 1.79 bits per heavy atom. The van der Waals surface area contributed by atoms with Crippen LogP contribution in [-0.2, 0) is 42.9 Å². The molecule has 5 atom stereocenters. The summed E-state index contributed by atoms with van der Waals surface area (Å²) in [6.45, 7) is 4.55. The highest BCUT2D eigenvalue weighted by atomic mass is 16.7. The van der Waals surface area contributed by atoms with Crippen LogP contribution in [0.15, 0.2) is 30.3 Å². The number of carbonyl (C=O) groups excluding carboxylic acids is 4. The lowest BCUT2D eigenvalue weighted by atomic mass is 9.90. The van der Waals surface area contributed by atoms with Crippen LogP contribution in [-0.4, -0.2) is 54.9 Å². The van der Waals surface area contributed by atoms with E-state index in [-0.39, 0.29) is 6.61 Å². The van der Waals surface area contributed by atoms with Crippen molar-refractivity contribution >= 4 is 23.9 Å². The third-order valence-electron chi connectivity index (χ3n) is 4.12. The van der Waals surface area contributed by atoms with Gasteiger partial charge in [0, 0.05) is 27.7 Å². The predicted octanol–water partition coefficient (Wildman–Crippen LogP) is 1.48. The molecule has 0 unspecified atom stereocenters. The van der Waals surface area contributed by atoms with Crippen LogP contribution >= 0.6 is 0 Å². The highest BCUT2D eigenvalue weighted by Crippen LogP contribution is 2.37. The molecular formula is C20H24O9. The number of benzene rings is 1. The molecule has 1 fully saturated rings. The Morgan fingerprint density at radius 2 is 1.28 bits per heavy atom. The number of rotatable bonds is 6. The summed E-state index contributed by atoms with van der Waals surface area (Å²) in [6, 6.07) is 8.84. The summed E-state index contributed by atoms with van der Waals surface area (Å²) >= 11 is 0. The predicted molar refractivity (Wildman–Crippen MR) is 97.4 cm³/mol. The second-order valence-electron chi connectivity index (χ2n) is 6.53. The number of hydrogen-bond acceptors (Lipinski definition) is 9. The van der Waals surface area contributed by atoms with Gasteiger partial charge in [-0.2, -0.15) is 0 Å². The van der Waals surface area contributed by atoms with Crippen LogP contribution in [0.1, 0.15) is 39.4 Å². The lowest BCUT2D eigenvalue weighted by molar-refractivity contribution is -0.254. The van der Waals surface area contributed by atoms with E-state index in [0.717, 1.165) is 0 Å². The summed E-state index contributed by atoms with van der Waals surface area (Å²) in [4.78, 5) is 46.5. The maximum absolute atomic E-state index is 11.8. The van der Waals surface area contributed by atoms with Crippen LogP contribution in [0.5, 0.6) is 0 Å². The minimum absolute atomic E-state index is 0.249. The summed E-state index contributed by atoms with van der Waals surface area (Å²) in [6.07, 6.45) is -5.21. The Kier molecular flexibility index (Phi) is 7.72. The minimum Gasteiger partial charge on any atom is -0.463 e. The molecule has 0 aromatic heterocycles. The fourth-order valence-corrected chi connectivity index (χ4v) is 3.14. The minimum atomic E-state index is -1.17. The maximum atomic E-state index is 11.8. The molecule has 1 aromatic carbocycles. The van der Waals surface area contributed by atoms with Gasteiger partial charge in [0.05, 0.1) is 0 Å². The molecular weight excluding hydrogens is 384 g/mol. The van der Waals surface area contributed by atoms with Crippen LogP contribution in [0.2, 0.25) is 0 Å². The highest BCUT2D eigenvalue weighted by Gasteiger charge is 2.52. The average molecular weight is 408 g/mol. The van der Waals surface area contributed by atoms with Crippen molar-refractivity contribution in [3.63, 3.8) is 0 Å². The van der Waals surface area contributed by atoms with E-state index < -0.39 is 54.4 Å². The zero-order chi connectivity index (χ0) is 21.6. The molecule has 29 heavy (non-hydrogen) atoms. The molecule has 0 spiro atoms. The first-order valence-corrected chi connectivity index (χ1v) is 9.04. The Bertz CT molecular complexity index is 746. The first kappa shape index (κ1) is 22.4. The van der Waals surface area contributed by atoms with Crippen molar-refractivity contribution in [1.82, 2.24) is 0 Å². The Labute approximate surface area is 168 Å². The molecule has 0 N–H and O–H groups in total. The summed E-state index contributed by atoms with van der Waals surface area (Å²) in [5, 5.41) is 0. The third kappa shape index (κ3) is 6.28. The highest BCUT2D eigenvalue weighted by molar-refractivity contribution is 5.68. The zero-order valence-corrected chi connectivity index (χ0v) is 16.7. The van der Waals surface area contributed by atoms with E-state index >= 15 is 0 Å². The van der Waals surface area contributed by atoms with E-state index in [0.29, 0.717) is 5.56 Å². The molecule has 0 bridgehead atoms. The molecule has 2 rings (SSSR count). The molecule has 1 aromatic rings. The second kappa shape index (κ2) is 10.0. The Balaban J connectivity index is 2.49. The first-order chi connectivity index (χ1) is 13.7. The van der Waals surface area contributed by atoms with Gasteiger partial charge >= 0.3 is 23.9 Å². The summed E-state index contributed by atoms with van der Waals surface area (Å²) in [5.74, 6) is -2.51. The molecule has 158 valence electrons. The van der Waals surface area contributed by atoms with Gasteiger partial charge in [0.25, 0.3) is 0 Å². The van der Waals surface area contributed by atoms with Gasteiger partial charge in [-0.15, -0.1) is 0 Å². The Hall–Kier alpha value is -2.94. The summed E-state index contributed by atoms with van der Waals surface area (Å²) in [5.41, 5.74) is 0.644. The van der Waals surface area contributed by atoms with Gasteiger partial charge in [0.15, 0.2) is 18.3 Å². The molecule has 0 aliphatic carbocycles. The first-order valence-electron chi connectivity index (χ1n) is 9.04. The van der Waals surface area contributed by atoms with Crippen LogP contribution in [0.4, 0.5) is 0 Å². The van der Waals surface area contributed by atoms with E-state index in [9.17, 15) is 19.2 Å². The van der Waals surface area contributed by atoms with Gasteiger partial charge in [-0.1, -0.05) is 30.3 Å². The molecule has 0 saturated carbocycles. The number of carbonyl (C=O) groups is 4. The monoisotopic (exact) mass is 408 g/mol. The quantitative estimate of drug-likeness (QED) is 0.510. The van der Waals surface area contributed by atoms with Crippen molar-refractivity contribution in [2.75, 3.05) is 6.61 Å². The maximum Gasteiger partial charge on any atom is 0.303 e. The van der Waals surface area contributed by atoms with E-state index in [1.165, 1.54) is 27.7 Å². The number of hydrogen-bond donors (Lipinski definition) is 0. The topological polar surface area (TPSA) is 114 Å². The van der Waals surface area contributed by atoms with Crippen molar-refractivity contribution in [1.29, 1.82) is 0 Å². The summed E-state index contributed by atoms with van der Waals surface area (Å²) in [7, 11) is 0. The van der Waals surface area contributed by atoms with E-state index in [2.05, 4.69) is 0 Å². The molecule has 0 amide bonds. The molecule has 1 heterocycles. The van der Waals surface area contributed by atoms with Gasteiger partial charge < -0.3 is 23.7 Å². The van der Waals surface area contributed by atoms with Crippen molar-refractivity contribution < 1.29 is 42.9 Å². The van der Waals surface area contributed by atoms with Crippen LogP contribution in [0.25, 0.3) is 0 Å². The fourth-order valence-electron chi connectivity index (χ4n) is 3.14. The van der Waals surface area contributed by atoms with E-state index in [1.807, 2.05) is 0 Å². The van der Waals surface area contributed by atoms with Crippen molar-refractivity contribution in [3.8, 4) is 0 Å². The van der Waals surface area contributed by atoms with Gasteiger partial charge in [-0.25, -0.2) is 0 Å². The molecule has 1 saturated heterocycles. The normalized spacial score (nSPS) is 26.1. The van der Waals surface area contributed by atoms with Crippen molar-refractivity contribution in [2.45, 2.75) is 58.2 Å². The largest absolute Gasteiger partial charge is 0.463 e. The van der Waals surface area contributed by atoms with E-state index in [1.54, 1.807) is 30.3 Å². The van der Waals surface area contributed by atoms with Crippen LogP contribution in [0, 0.1) is 0 Å². The molecule has 9 nitrogen and oxygen atoms in total. The summed E-state index contributed by atoms with van der Waals surface area (Å²) < 4.78 is 27.2. The zero-order valence-electron chi connectivity index (χ0n) is 16.7. The van der Waals surface area contributed by atoms with Gasteiger partial charge in [-0.3, -0.25) is 19.2 Å². The number of esters is 4. The SMILES string of the molecule is CC(=O)OC[C@H]1O[C@@H](c2ccccc2)[C@H](OC(C)=O)[C@@H](OC(C)=O)[C@@H]1OC(C)=O. The van der Waals surface area contributed by atoms with Crippen molar-refractivity contribution in [3.05, 3.63) is 35.9 Å². The third-order valence-corrected chi connectivity index (χ3v) is 4.12. The molecule has 1 aliphatic rings. The van der Waals surface area contributed by atoms with Gasteiger partial charge in [0.1, 0.15) is 18.8 Å². The lowest BCUT2D eigenvalue weighted by Gasteiger charge is -2.44. The van der Waals surface area contributed by atoms with Crippen molar-refractivity contribution in [2.24, 2.45) is 0 Å². The average Bonchev–Trinajstić information content (AvgIpc) is 2.63. The second-order valence-corrected chi connectivity index (χ2v) is 6.53. The molecule has 9 heteroatoms. The Morgan fingerprint density at radius 1 is 0.759 bits per heavy atom. The standard InChI is InChI=1S/C20H24O9/c1-11(21)25-10-16-18(26-12(2)22)20(28-14(4)24)19(27-13(3)23)17(29-16)15-8-6-5-7-9-15/h5-9,16-20H,10H2,1-4H3/t16-,17+,18-,19+,20+/m1/s1. The smallest absolute Gasteiger partial charge is 0.303 e. The van der Waals surface area contributed by atoms with Gasteiger partial charge in [-0.05, 0) is 5.56 Å². The van der Waals surface area contributed by atoms with E-state index in [4.69, 9.17) is 23.7 Å². The fraction of sp³-hybridized carbons (Fsp3) is 0.500. The van der Waals surface area contributed by atoms with Crippen LogP contribution in [0.3, 0.4) is 0 Å². The van der Waals surface area contributed by atoms with Crippen LogP contribution < -0.4 is 0 Å². The number of ether oxygens (including phenoxy) is 5. The molecule has 1 aliphatic heterocycles. The lowest BCUT2D eigenvalue weighted by Crippen LogP contribution is -2.59. The molecule has 0 radical (unpaired) electrons.